The van der Waals surface area contributed by atoms with E-state index in [9.17, 15) is 48.7 Å². The fraction of sp³-hybridized carbons (Fsp3) is 0.389. The highest BCUT2D eigenvalue weighted by atomic mass is 19.4. The number of carboxylic acids is 3. The van der Waals surface area contributed by atoms with Crippen molar-refractivity contribution in [3.8, 4) is 11.3 Å². The zero-order valence-electron chi connectivity index (χ0n) is 18.7. The van der Waals surface area contributed by atoms with Gasteiger partial charge in [0.25, 0.3) is 0 Å². The van der Waals surface area contributed by atoms with Gasteiger partial charge >= 0.3 is 30.2 Å². The molecule has 39 heavy (non-hydrogen) atoms. The molecule has 0 spiro atoms. The smallest absolute Gasteiger partial charge is 0.459 e. The molecular formula is C18H15F10N5O6. The number of aryl methyl sites for hydroxylation is 1. The molecule has 21 heteroatoms. The van der Waals surface area contributed by atoms with Gasteiger partial charge in [0.2, 0.25) is 0 Å². The Labute approximate surface area is 209 Å². The Morgan fingerprint density at radius 2 is 1.41 bits per heavy atom. The molecule has 2 aromatic heterocycles. The average Bonchev–Trinajstić information content (AvgIpc) is 2.82. The normalized spacial score (nSPS) is 12.7. The molecule has 0 radical (unpaired) electrons. The number of aliphatic carboxylic acids is 3. The molecule has 2 aromatic rings. The lowest BCUT2D eigenvalue weighted by atomic mass is 10.2. The van der Waals surface area contributed by atoms with Crippen molar-refractivity contribution in [3.63, 3.8) is 0 Å². The number of hydrogen-bond donors (Lipinski definition) is 2. The van der Waals surface area contributed by atoms with Gasteiger partial charge < -0.3 is 30.6 Å². The summed E-state index contributed by atoms with van der Waals surface area (Å²) in [5, 5.41) is 31.1. The standard InChI is InChI=1S/C12H13N5O2.2C3HF5O2/c13-10(12(18)19)3-6-17-5-2-9(7-16-17)11-1-4-14-8-15-11;2*4-2(5,1(9)10)3(6,7)8/h1-2,4-5,7-8,10H,3,6,13H2;2*(H,9,10)/t10-;;/m1../s1. The number of hydrogen-bond acceptors (Lipinski definition) is 8. The number of alkyl halides is 10. The van der Waals surface area contributed by atoms with Crippen LogP contribution in [0.5, 0.6) is 0 Å². The van der Waals surface area contributed by atoms with Crippen LogP contribution in [0.4, 0.5) is 43.9 Å². The van der Waals surface area contributed by atoms with Crippen molar-refractivity contribution in [2.45, 2.75) is 43.2 Å². The highest BCUT2D eigenvalue weighted by molar-refractivity contribution is 5.74. The summed E-state index contributed by atoms with van der Waals surface area (Å²) < 4.78 is 112. The Morgan fingerprint density at radius 1 is 0.923 bits per heavy atom. The first-order valence-electron chi connectivity index (χ1n) is 9.55. The molecule has 2 rings (SSSR count). The van der Waals surface area contributed by atoms with Crippen LogP contribution in [0.1, 0.15) is 6.42 Å². The Balaban J connectivity index is 0.000000616. The van der Waals surface area contributed by atoms with Gasteiger partial charge in [0.15, 0.2) is 18.8 Å². The van der Waals surface area contributed by atoms with Gasteiger partial charge in [-0.1, -0.05) is 4.68 Å². The zero-order chi connectivity index (χ0) is 30.8. The molecule has 0 saturated heterocycles. The Bertz CT molecular complexity index is 1060. The van der Waals surface area contributed by atoms with Crippen LogP contribution in [0.25, 0.3) is 11.3 Å². The van der Waals surface area contributed by atoms with E-state index in [0.29, 0.717) is 13.0 Å². The molecule has 4 N–H and O–H groups in total. The maximum Gasteiger partial charge on any atom is 0.459 e. The average molecular weight is 587 g/mol. The third-order valence-electron chi connectivity index (χ3n) is 3.93. The highest BCUT2D eigenvalue weighted by Gasteiger charge is 2.59. The molecule has 0 bridgehead atoms. The van der Waals surface area contributed by atoms with E-state index in [0.717, 1.165) is 11.3 Å². The molecule has 0 aromatic carbocycles. The summed E-state index contributed by atoms with van der Waals surface area (Å²) in [6.07, 6.45) is -5.06. The van der Waals surface area contributed by atoms with Crippen molar-refractivity contribution < 1.29 is 84.0 Å². The van der Waals surface area contributed by atoms with Crippen LogP contribution in [-0.4, -0.2) is 68.3 Å². The number of carboxylic acid groups (broad SMARTS) is 3. The molecule has 2 heterocycles. The predicted octanol–water partition coefficient (Wildman–Crippen LogP) is -1.22. The van der Waals surface area contributed by atoms with Crippen LogP contribution in [0.15, 0.2) is 37.1 Å². The van der Waals surface area contributed by atoms with E-state index in [1.165, 1.54) is 6.33 Å². The maximum atomic E-state index is 11.3. The van der Waals surface area contributed by atoms with Crippen molar-refractivity contribution in [1.29, 1.82) is 0 Å². The van der Waals surface area contributed by atoms with Gasteiger partial charge in [-0.05, 0) is 11.2 Å². The van der Waals surface area contributed by atoms with Gasteiger partial charge in [-0.15, -0.1) is 0 Å². The van der Waals surface area contributed by atoms with Gasteiger partial charge in [-0.3, -0.25) is 0 Å². The molecule has 0 unspecified atom stereocenters. The lowest BCUT2D eigenvalue weighted by Gasteiger charge is -2.19. The van der Waals surface area contributed by atoms with Gasteiger partial charge in [-0.25, -0.2) is 14.8 Å². The molecular weight excluding hydrogens is 572 g/mol. The maximum absolute atomic E-state index is 11.3. The minimum atomic E-state index is -6.08. The van der Waals surface area contributed by atoms with E-state index < -0.39 is 48.1 Å². The first-order chi connectivity index (χ1) is 17.6. The highest BCUT2D eigenvalue weighted by Crippen LogP contribution is 2.35. The molecule has 0 amide bonds. The van der Waals surface area contributed by atoms with E-state index >= 15 is 0 Å². The number of halogens is 10. The summed E-state index contributed by atoms with van der Waals surface area (Å²) in [6.45, 7) is 0.518. The SMILES string of the molecule is O=C([O-])C(F)(F)C(F)(F)F.O=C([O-])C(F)(F)C(F)(F)F.[NH3+][C@H](CC[n+]1ccc(-c2ccncn2)cn1)C(=O)O. The fourth-order valence-electron chi connectivity index (χ4n) is 1.77. The number of quaternary nitrogens is 1. The summed E-state index contributed by atoms with van der Waals surface area (Å²) in [5.74, 6) is -19.3. The van der Waals surface area contributed by atoms with Crippen molar-refractivity contribution in [2.75, 3.05) is 0 Å². The third kappa shape index (κ3) is 10.6. The van der Waals surface area contributed by atoms with Crippen LogP contribution < -0.4 is 20.6 Å². The molecule has 218 valence electrons. The van der Waals surface area contributed by atoms with Crippen LogP contribution >= 0.6 is 0 Å². The fourth-order valence-corrected chi connectivity index (χ4v) is 1.77. The van der Waals surface area contributed by atoms with E-state index in [-0.39, 0.29) is 0 Å². The third-order valence-corrected chi connectivity index (χ3v) is 3.93. The molecule has 0 fully saturated rings. The van der Waals surface area contributed by atoms with Crippen LogP contribution in [0.3, 0.4) is 0 Å². The Kier molecular flexibility index (Phi) is 12.1. The molecule has 1 atom stereocenters. The summed E-state index contributed by atoms with van der Waals surface area (Å²) in [5.41, 5.74) is 5.25. The summed E-state index contributed by atoms with van der Waals surface area (Å²) in [4.78, 5) is 36.8. The summed E-state index contributed by atoms with van der Waals surface area (Å²) >= 11 is 0. The van der Waals surface area contributed by atoms with Crippen molar-refractivity contribution >= 4 is 17.9 Å². The second kappa shape index (κ2) is 13.6. The number of carbonyl (C=O) groups is 3. The van der Waals surface area contributed by atoms with Crippen molar-refractivity contribution in [1.82, 2.24) is 15.1 Å². The predicted molar refractivity (Wildman–Crippen MR) is 96.4 cm³/mol. The first kappa shape index (κ1) is 34.8. The summed E-state index contributed by atoms with van der Waals surface area (Å²) in [7, 11) is 0. The lowest BCUT2D eigenvalue weighted by Crippen LogP contribution is -2.66. The van der Waals surface area contributed by atoms with Crippen molar-refractivity contribution in [3.05, 3.63) is 37.1 Å². The largest absolute Gasteiger partial charge is 0.544 e. The Hall–Kier alpha value is -4.17. The van der Waals surface area contributed by atoms with Crippen LogP contribution in [-0.2, 0) is 20.9 Å². The molecule has 0 aliphatic carbocycles. The quantitative estimate of drug-likeness (QED) is 0.296. The van der Waals surface area contributed by atoms with E-state index in [4.69, 9.17) is 24.9 Å². The second-order valence-corrected chi connectivity index (χ2v) is 6.82. The first-order valence-corrected chi connectivity index (χ1v) is 9.55. The van der Waals surface area contributed by atoms with E-state index in [2.05, 4.69) is 20.8 Å². The van der Waals surface area contributed by atoms with Gasteiger partial charge in [0.05, 0.1) is 12.1 Å². The molecule has 11 nitrogen and oxygen atoms in total. The number of aromatic nitrogens is 4. The minimum absolute atomic E-state index is 0.444. The topological polar surface area (TPSA) is 188 Å². The molecule has 0 saturated carbocycles. The van der Waals surface area contributed by atoms with Gasteiger partial charge in [0, 0.05) is 17.8 Å². The van der Waals surface area contributed by atoms with Crippen LogP contribution in [0, 0.1) is 0 Å². The molecule has 0 aliphatic rings. The lowest BCUT2D eigenvalue weighted by molar-refractivity contribution is -0.756. The number of rotatable bonds is 7. The van der Waals surface area contributed by atoms with Crippen LogP contribution in [0.2, 0.25) is 0 Å². The minimum Gasteiger partial charge on any atom is -0.544 e. The summed E-state index contributed by atoms with van der Waals surface area (Å²) in [6, 6.07) is 3.07. The van der Waals surface area contributed by atoms with Crippen molar-refractivity contribution in [2.24, 2.45) is 0 Å². The number of carbonyl (C=O) groups excluding carboxylic acids is 2. The zero-order valence-corrected chi connectivity index (χ0v) is 18.7. The van der Waals surface area contributed by atoms with Gasteiger partial charge in [-0.2, -0.15) is 43.9 Å². The van der Waals surface area contributed by atoms with Gasteiger partial charge in [0.1, 0.15) is 24.5 Å². The Morgan fingerprint density at radius 3 is 1.69 bits per heavy atom. The van der Waals surface area contributed by atoms with E-state index in [1.807, 2.05) is 6.07 Å². The monoisotopic (exact) mass is 587 g/mol. The number of nitrogens with zero attached hydrogens (tertiary/aromatic N) is 4. The second-order valence-electron chi connectivity index (χ2n) is 6.82. The molecule has 0 aliphatic heterocycles. The van der Waals surface area contributed by atoms with E-state index in [1.54, 1.807) is 29.3 Å².